The van der Waals surface area contributed by atoms with E-state index < -0.39 is 0 Å². The van der Waals surface area contributed by atoms with E-state index in [1.54, 1.807) is 0 Å². The summed E-state index contributed by atoms with van der Waals surface area (Å²) in [7, 11) is 0. The Hall–Kier alpha value is -6.50. The van der Waals surface area contributed by atoms with Gasteiger partial charge in [0, 0.05) is 10.8 Å². The molecule has 1 unspecified atom stereocenters. The Morgan fingerprint density at radius 3 is 1.67 bits per heavy atom. The Bertz CT molecular complexity index is 3110. The smallest absolute Gasteiger partial charge is 0.0159 e. The quantitative estimate of drug-likeness (QED) is 0.144. The van der Waals surface area contributed by atoms with Crippen molar-refractivity contribution in [3.63, 3.8) is 0 Å². The number of aryl methyl sites for hydroxylation is 1. The first-order chi connectivity index (χ1) is 29.2. The van der Waals surface area contributed by atoms with E-state index in [0.717, 1.165) is 19.3 Å². The maximum Gasteiger partial charge on any atom is 0.0159 e. The largest absolute Gasteiger partial charge is 0.0619 e. The van der Waals surface area contributed by atoms with E-state index in [2.05, 4.69) is 216 Å². The van der Waals surface area contributed by atoms with Gasteiger partial charge in [0.2, 0.25) is 0 Å². The summed E-state index contributed by atoms with van der Waals surface area (Å²) in [5, 5.41) is 5.27. The Morgan fingerprint density at radius 1 is 0.383 bits per heavy atom. The molecule has 11 rings (SSSR count). The summed E-state index contributed by atoms with van der Waals surface area (Å²) in [5.41, 5.74) is 20.5. The van der Waals surface area contributed by atoms with Gasteiger partial charge in [-0.3, -0.25) is 0 Å². The minimum Gasteiger partial charge on any atom is -0.0619 e. The maximum absolute atomic E-state index is 2.53. The molecular formula is C60H50. The molecule has 0 saturated carbocycles. The van der Waals surface area contributed by atoms with E-state index in [1.165, 1.54) is 105 Å². The van der Waals surface area contributed by atoms with E-state index in [0.29, 0.717) is 5.92 Å². The molecule has 0 saturated heterocycles. The lowest BCUT2D eigenvalue weighted by atomic mass is 9.80. The molecule has 0 amide bonds. The highest BCUT2D eigenvalue weighted by molar-refractivity contribution is 5.97. The van der Waals surface area contributed by atoms with Gasteiger partial charge < -0.3 is 0 Å². The van der Waals surface area contributed by atoms with Gasteiger partial charge in [0.05, 0.1) is 0 Å². The van der Waals surface area contributed by atoms with Crippen LogP contribution in [0.1, 0.15) is 79.0 Å². The molecule has 0 heteroatoms. The van der Waals surface area contributed by atoms with Crippen molar-refractivity contribution in [1.29, 1.82) is 0 Å². The predicted molar refractivity (Wildman–Crippen MR) is 255 cm³/mol. The molecule has 0 N–H and O–H groups in total. The van der Waals surface area contributed by atoms with Crippen LogP contribution in [0, 0.1) is 0 Å². The summed E-state index contributed by atoms with van der Waals surface area (Å²) in [6.07, 6.45) is 3.11. The molecule has 0 spiro atoms. The average Bonchev–Trinajstić information content (AvgIpc) is 3.66. The number of fused-ring (bicyclic) bond motifs is 8. The summed E-state index contributed by atoms with van der Waals surface area (Å²) >= 11 is 0. The van der Waals surface area contributed by atoms with Crippen LogP contribution in [0.5, 0.6) is 0 Å². The van der Waals surface area contributed by atoms with Gasteiger partial charge in [0.15, 0.2) is 0 Å². The van der Waals surface area contributed by atoms with E-state index in [9.17, 15) is 0 Å². The number of rotatable bonds is 8. The minimum absolute atomic E-state index is 0.0125. The number of hydrogen-bond donors (Lipinski definition) is 0. The van der Waals surface area contributed by atoms with E-state index in [-0.39, 0.29) is 10.8 Å². The molecule has 0 radical (unpaired) electrons. The van der Waals surface area contributed by atoms with Gasteiger partial charge in [0.1, 0.15) is 0 Å². The van der Waals surface area contributed by atoms with Crippen LogP contribution >= 0.6 is 0 Å². The lowest BCUT2D eigenvalue weighted by Gasteiger charge is -2.23. The number of hydrogen-bond acceptors (Lipinski definition) is 0. The lowest BCUT2D eigenvalue weighted by molar-refractivity contribution is 0.620. The second-order valence-electron chi connectivity index (χ2n) is 18.4. The van der Waals surface area contributed by atoms with Gasteiger partial charge in [-0.25, -0.2) is 0 Å². The zero-order chi connectivity index (χ0) is 40.6. The normalized spacial score (nSPS) is 14.7. The monoisotopic (exact) mass is 770 g/mol. The SMILES string of the molecule is CC1(C)c2ccccc2-c2ccc(-c3ccc(C(CCc4ccc5c(c4)C(C)(C)c4cc(-c6cccc7ccccc67)ccc4-5)Cc4cccc5ccccc45)cc3)cc21. The summed E-state index contributed by atoms with van der Waals surface area (Å²) in [5.74, 6) is 0.375. The van der Waals surface area contributed by atoms with Crippen molar-refractivity contribution in [2.45, 2.75) is 63.7 Å². The van der Waals surface area contributed by atoms with Crippen molar-refractivity contribution in [2.75, 3.05) is 0 Å². The molecule has 9 aromatic rings. The molecule has 1 atom stereocenters. The standard InChI is InChI=1S/C60H50/c1-59(2)55-22-10-9-20-51(55)53-33-30-45(37-57(53)59)41-28-26-40(27-29-41)44(36-46-17-11-15-42-13-5-7-18-48(42)46)25-23-39-24-32-52-54-34-31-47(38-58(54)60(3,4)56(52)35-39)50-21-12-16-43-14-6-8-19-49(43)50/h5-22,24,26-35,37-38,44H,23,25,36H2,1-4H3. The molecule has 0 heterocycles. The molecule has 9 aromatic carbocycles. The Labute approximate surface area is 355 Å². The number of benzene rings is 9. The first-order valence-electron chi connectivity index (χ1n) is 21.8. The van der Waals surface area contributed by atoms with E-state index in [1.807, 2.05) is 0 Å². The third-order valence-electron chi connectivity index (χ3n) is 14.3. The van der Waals surface area contributed by atoms with Crippen molar-refractivity contribution in [3.05, 3.63) is 227 Å². The average molecular weight is 771 g/mol. The fourth-order valence-corrected chi connectivity index (χ4v) is 10.9. The van der Waals surface area contributed by atoms with Crippen molar-refractivity contribution in [2.24, 2.45) is 0 Å². The third kappa shape index (κ3) is 5.96. The minimum atomic E-state index is -0.0883. The second kappa shape index (κ2) is 14.1. The van der Waals surface area contributed by atoms with Crippen LogP contribution in [-0.2, 0) is 23.7 Å². The summed E-state index contributed by atoms with van der Waals surface area (Å²) in [6, 6.07) is 71.2. The molecule has 2 aliphatic carbocycles. The van der Waals surface area contributed by atoms with Crippen LogP contribution in [0.2, 0.25) is 0 Å². The van der Waals surface area contributed by atoms with Gasteiger partial charge in [-0.05, 0) is 142 Å². The molecule has 60 heavy (non-hydrogen) atoms. The molecule has 290 valence electrons. The van der Waals surface area contributed by atoms with E-state index >= 15 is 0 Å². The van der Waals surface area contributed by atoms with Gasteiger partial charge in [0.25, 0.3) is 0 Å². The lowest BCUT2D eigenvalue weighted by Crippen LogP contribution is -2.15. The summed E-state index contributed by atoms with van der Waals surface area (Å²) in [6.45, 7) is 9.57. The molecule has 0 aliphatic heterocycles. The van der Waals surface area contributed by atoms with Crippen molar-refractivity contribution in [1.82, 2.24) is 0 Å². The highest BCUT2D eigenvalue weighted by Crippen LogP contribution is 2.51. The van der Waals surface area contributed by atoms with Crippen LogP contribution in [0.3, 0.4) is 0 Å². The third-order valence-corrected chi connectivity index (χ3v) is 14.3. The molecule has 0 bridgehead atoms. The predicted octanol–water partition coefficient (Wildman–Crippen LogP) is 15.9. The molecule has 0 aromatic heterocycles. The van der Waals surface area contributed by atoms with Crippen LogP contribution in [-0.4, -0.2) is 0 Å². The van der Waals surface area contributed by atoms with Crippen LogP contribution in [0.25, 0.3) is 66.1 Å². The zero-order valence-electron chi connectivity index (χ0n) is 35.1. The Balaban J connectivity index is 0.897. The van der Waals surface area contributed by atoms with Gasteiger partial charge in [-0.1, -0.05) is 204 Å². The van der Waals surface area contributed by atoms with Crippen molar-refractivity contribution in [3.8, 4) is 44.5 Å². The van der Waals surface area contributed by atoms with Crippen molar-refractivity contribution < 1.29 is 0 Å². The van der Waals surface area contributed by atoms with Crippen molar-refractivity contribution >= 4 is 21.5 Å². The highest BCUT2D eigenvalue weighted by atomic mass is 14.4. The Morgan fingerprint density at radius 2 is 0.900 bits per heavy atom. The fourth-order valence-electron chi connectivity index (χ4n) is 10.9. The molecule has 0 nitrogen and oxygen atoms in total. The van der Waals surface area contributed by atoms with Gasteiger partial charge in [-0.15, -0.1) is 0 Å². The van der Waals surface area contributed by atoms with Gasteiger partial charge >= 0.3 is 0 Å². The molecule has 2 aliphatic rings. The first-order valence-corrected chi connectivity index (χ1v) is 21.8. The second-order valence-corrected chi connectivity index (χ2v) is 18.4. The topological polar surface area (TPSA) is 0 Å². The molecular weight excluding hydrogens is 721 g/mol. The first kappa shape index (κ1) is 36.6. The van der Waals surface area contributed by atoms with Crippen LogP contribution in [0.15, 0.2) is 188 Å². The highest BCUT2D eigenvalue weighted by Gasteiger charge is 2.37. The van der Waals surface area contributed by atoms with Gasteiger partial charge in [-0.2, -0.15) is 0 Å². The summed E-state index contributed by atoms with van der Waals surface area (Å²) in [4.78, 5) is 0. The van der Waals surface area contributed by atoms with E-state index in [4.69, 9.17) is 0 Å². The van der Waals surface area contributed by atoms with Crippen LogP contribution in [0.4, 0.5) is 0 Å². The molecule has 0 fully saturated rings. The van der Waals surface area contributed by atoms with Crippen LogP contribution < -0.4 is 0 Å². The summed E-state index contributed by atoms with van der Waals surface area (Å²) < 4.78 is 0. The maximum atomic E-state index is 2.53. The zero-order valence-corrected chi connectivity index (χ0v) is 35.1. The fraction of sp³-hybridized carbons (Fsp3) is 0.167. The Kier molecular flexibility index (Phi) is 8.57.